The predicted molar refractivity (Wildman–Crippen MR) is 111 cm³/mol. The lowest BCUT2D eigenvalue weighted by Crippen LogP contribution is -2.14. The van der Waals surface area contributed by atoms with Crippen molar-refractivity contribution in [1.82, 2.24) is 4.98 Å². The third kappa shape index (κ3) is 3.86. The van der Waals surface area contributed by atoms with E-state index < -0.39 is 9.84 Å². The largest absolute Gasteiger partial charge is 0.302 e. The predicted octanol–water partition coefficient (Wildman–Crippen LogP) is 4.22. The van der Waals surface area contributed by atoms with Crippen molar-refractivity contribution in [3.63, 3.8) is 0 Å². The van der Waals surface area contributed by atoms with Gasteiger partial charge in [-0.25, -0.2) is 13.4 Å². The van der Waals surface area contributed by atoms with Crippen LogP contribution in [0.25, 0.3) is 11.3 Å². The highest BCUT2D eigenvalue weighted by atomic mass is 32.2. The van der Waals surface area contributed by atoms with Crippen molar-refractivity contribution in [3.05, 3.63) is 64.5 Å². The molecule has 4 rings (SSSR count). The number of carbonyl (C=O) groups is 1. The fourth-order valence-electron chi connectivity index (χ4n) is 3.28. The molecule has 0 unspecified atom stereocenters. The van der Waals surface area contributed by atoms with Crippen molar-refractivity contribution in [2.24, 2.45) is 0 Å². The molecule has 1 heterocycles. The topological polar surface area (TPSA) is 76.1 Å². The van der Waals surface area contributed by atoms with Gasteiger partial charge in [0, 0.05) is 23.3 Å². The summed E-state index contributed by atoms with van der Waals surface area (Å²) in [6.45, 7) is 1.91. The van der Waals surface area contributed by atoms with Gasteiger partial charge in [0.25, 0.3) is 0 Å². The number of thiazole rings is 1. The molecular weight excluding hydrogens is 392 g/mol. The number of rotatable bonds is 6. The van der Waals surface area contributed by atoms with Gasteiger partial charge in [-0.3, -0.25) is 4.79 Å². The molecule has 1 amide bonds. The van der Waals surface area contributed by atoms with Gasteiger partial charge in [-0.05, 0) is 31.0 Å². The average molecular weight is 413 g/mol. The Kier molecular flexibility index (Phi) is 5.03. The van der Waals surface area contributed by atoms with Crippen LogP contribution in [0.3, 0.4) is 0 Å². The van der Waals surface area contributed by atoms with E-state index in [9.17, 15) is 13.2 Å². The first-order chi connectivity index (χ1) is 13.4. The van der Waals surface area contributed by atoms with E-state index >= 15 is 0 Å². The van der Waals surface area contributed by atoms with E-state index in [4.69, 9.17) is 0 Å². The summed E-state index contributed by atoms with van der Waals surface area (Å²) in [5, 5.41) is 3.38. The van der Waals surface area contributed by atoms with Gasteiger partial charge < -0.3 is 5.32 Å². The summed E-state index contributed by atoms with van der Waals surface area (Å²) in [4.78, 5) is 18.2. The smallest absolute Gasteiger partial charge is 0.226 e. The zero-order chi connectivity index (χ0) is 19.7. The van der Waals surface area contributed by atoms with Gasteiger partial charge in [-0.15, -0.1) is 11.3 Å². The molecule has 1 N–H and O–H groups in total. The third-order valence-corrected chi connectivity index (χ3v) is 7.55. The number of aryl methyl sites for hydroxylation is 1. The second-order valence-corrected chi connectivity index (χ2v) is 10.1. The number of hydrogen-bond acceptors (Lipinski definition) is 5. The summed E-state index contributed by atoms with van der Waals surface area (Å²) in [6.07, 6.45) is 1.26. The highest BCUT2D eigenvalue weighted by Crippen LogP contribution is 2.40. The minimum Gasteiger partial charge on any atom is -0.302 e. The summed E-state index contributed by atoms with van der Waals surface area (Å²) in [5.74, 6) is -0.259. The van der Waals surface area contributed by atoms with Crippen molar-refractivity contribution in [1.29, 1.82) is 0 Å². The van der Waals surface area contributed by atoms with Crippen molar-refractivity contribution in [2.75, 3.05) is 11.1 Å². The van der Waals surface area contributed by atoms with Gasteiger partial charge in [0.05, 0.1) is 16.3 Å². The van der Waals surface area contributed by atoms with Crippen LogP contribution in [-0.2, 0) is 21.1 Å². The Morgan fingerprint density at radius 2 is 1.89 bits per heavy atom. The Balaban J connectivity index is 1.33. The molecule has 144 valence electrons. The van der Waals surface area contributed by atoms with Crippen LogP contribution in [0.1, 0.15) is 28.8 Å². The summed E-state index contributed by atoms with van der Waals surface area (Å²) in [6, 6.07) is 14.9. The summed E-state index contributed by atoms with van der Waals surface area (Å²) < 4.78 is 24.7. The maximum Gasteiger partial charge on any atom is 0.226 e. The molecule has 7 heteroatoms. The number of sulfone groups is 1. The number of hydrogen-bond donors (Lipinski definition) is 1. The van der Waals surface area contributed by atoms with Crippen LogP contribution in [0.5, 0.6) is 0 Å². The standard InChI is InChI=1S/C21H20N2O3S2/c1-14-8-10-16(11-9-14)28(25,26)12-4-7-19(24)22-21-23-20-17-6-3-2-5-15(17)13-18(20)27-21/h2-3,5-6,8-11H,4,7,12-13H2,1H3,(H,22,23,24). The fourth-order valence-corrected chi connectivity index (χ4v) is 5.61. The third-order valence-electron chi connectivity index (χ3n) is 4.76. The Morgan fingerprint density at radius 1 is 1.14 bits per heavy atom. The number of fused-ring (bicyclic) bond motifs is 3. The van der Waals surface area contributed by atoms with Crippen molar-refractivity contribution >= 4 is 32.2 Å². The molecule has 0 radical (unpaired) electrons. The molecule has 0 saturated carbocycles. The van der Waals surface area contributed by atoms with E-state index in [1.165, 1.54) is 16.9 Å². The lowest BCUT2D eigenvalue weighted by atomic mass is 10.1. The SMILES string of the molecule is Cc1ccc(S(=O)(=O)CCCC(=O)Nc2nc3c(s2)Cc2ccccc2-3)cc1. The van der Waals surface area contributed by atoms with Gasteiger partial charge >= 0.3 is 0 Å². The molecule has 5 nitrogen and oxygen atoms in total. The molecular formula is C21H20N2O3S2. The van der Waals surface area contributed by atoms with Gasteiger partial charge in [-0.2, -0.15) is 0 Å². The highest BCUT2D eigenvalue weighted by molar-refractivity contribution is 7.91. The normalized spacial score (nSPS) is 12.5. The molecule has 1 aliphatic rings. The first-order valence-corrected chi connectivity index (χ1v) is 11.6. The molecule has 1 aliphatic carbocycles. The summed E-state index contributed by atoms with van der Waals surface area (Å²) in [7, 11) is -3.37. The Morgan fingerprint density at radius 3 is 2.68 bits per heavy atom. The summed E-state index contributed by atoms with van der Waals surface area (Å²) >= 11 is 1.48. The maximum atomic E-state index is 12.4. The fraction of sp³-hybridized carbons (Fsp3) is 0.238. The van der Waals surface area contributed by atoms with E-state index in [1.807, 2.05) is 25.1 Å². The maximum absolute atomic E-state index is 12.4. The number of carbonyl (C=O) groups excluding carboxylic acids is 1. The van der Waals surface area contributed by atoms with Crippen molar-refractivity contribution in [3.8, 4) is 11.3 Å². The van der Waals surface area contributed by atoms with Crippen LogP contribution in [0.15, 0.2) is 53.4 Å². The molecule has 0 saturated heterocycles. The molecule has 0 bridgehead atoms. The van der Waals surface area contributed by atoms with Gasteiger partial charge in [0.2, 0.25) is 5.91 Å². The van der Waals surface area contributed by atoms with Crippen LogP contribution in [0.2, 0.25) is 0 Å². The van der Waals surface area contributed by atoms with E-state index in [0.29, 0.717) is 10.0 Å². The lowest BCUT2D eigenvalue weighted by Gasteiger charge is -2.05. The lowest BCUT2D eigenvalue weighted by molar-refractivity contribution is -0.116. The van der Waals surface area contributed by atoms with Crippen molar-refractivity contribution in [2.45, 2.75) is 31.1 Å². The highest BCUT2D eigenvalue weighted by Gasteiger charge is 2.23. The number of nitrogens with zero attached hydrogens (tertiary/aromatic N) is 1. The monoisotopic (exact) mass is 412 g/mol. The molecule has 0 aliphatic heterocycles. The van der Waals surface area contributed by atoms with Crippen LogP contribution < -0.4 is 5.32 Å². The van der Waals surface area contributed by atoms with E-state index in [-0.39, 0.29) is 24.5 Å². The van der Waals surface area contributed by atoms with Crippen LogP contribution >= 0.6 is 11.3 Å². The zero-order valence-electron chi connectivity index (χ0n) is 15.4. The molecule has 0 atom stereocenters. The van der Waals surface area contributed by atoms with Crippen LogP contribution in [0.4, 0.5) is 5.13 Å². The zero-order valence-corrected chi connectivity index (χ0v) is 17.1. The Bertz CT molecular complexity index is 1130. The summed E-state index contributed by atoms with van der Waals surface area (Å²) in [5.41, 5.74) is 4.34. The Hall–Kier alpha value is -2.51. The molecule has 3 aromatic rings. The average Bonchev–Trinajstić information content (AvgIpc) is 3.19. The Labute approximate surface area is 168 Å². The van der Waals surface area contributed by atoms with Gasteiger partial charge in [-0.1, -0.05) is 42.0 Å². The van der Waals surface area contributed by atoms with E-state index in [1.54, 1.807) is 24.3 Å². The molecule has 1 aromatic heterocycles. The van der Waals surface area contributed by atoms with Gasteiger partial charge in [0.1, 0.15) is 0 Å². The number of amides is 1. The number of benzene rings is 2. The second kappa shape index (κ2) is 7.48. The first kappa shape index (κ1) is 18.8. The van der Waals surface area contributed by atoms with Crippen molar-refractivity contribution < 1.29 is 13.2 Å². The molecule has 0 spiro atoms. The minimum absolute atomic E-state index is 0.0504. The van der Waals surface area contributed by atoms with Crippen LogP contribution in [0, 0.1) is 6.92 Å². The molecule has 28 heavy (non-hydrogen) atoms. The molecule has 0 fully saturated rings. The van der Waals surface area contributed by atoms with E-state index in [2.05, 4.69) is 16.4 Å². The number of anilines is 1. The number of nitrogens with one attached hydrogen (secondary N) is 1. The minimum atomic E-state index is -3.37. The second-order valence-electron chi connectivity index (χ2n) is 6.91. The van der Waals surface area contributed by atoms with Gasteiger partial charge in [0.15, 0.2) is 15.0 Å². The molecule has 2 aromatic carbocycles. The number of aromatic nitrogens is 1. The first-order valence-electron chi connectivity index (χ1n) is 9.10. The van der Waals surface area contributed by atoms with E-state index in [0.717, 1.165) is 28.1 Å². The van der Waals surface area contributed by atoms with Crippen LogP contribution in [-0.4, -0.2) is 25.1 Å². The quantitative estimate of drug-likeness (QED) is 0.515.